The van der Waals surface area contributed by atoms with Crippen molar-refractivity contribution in [1.29, 1.82) is 0 Å². The van der Waals surface area contributed by atoms with Gasteiger partial charge in [-0.25, -0.2) is 0 Å². The molecular formula is C16H25ClN2O3. The summed E-state index contributed by atoms with van der Waals surface area (Å²) in [5.41, 5.74) is 6.71. The molecule has 1 aliphatic rings. The Morgan fingerprint density at radius 2 is 2.09 bits per heavy atom. The molecule has 0 radical (unpaired) electrons. The van der Waals surface area contributed by atoms with Crippen LogP contribution >= 0.6 is 12.4 Å². The largest absolute Gasteiger partial charge is 0.383 e. The lowest BCUT2D eigenvalue weighted by Gasteiger charge is -2.25. The van der Waals surface area contributed by atoms with Crippen molar-refractivity contribution in [3.8, 4) is 0 Å². The first-order valence-electron chi connectivity index (χ1n) is 7.41. The second-order valence-corrected chi connectivity index (χ2v) is 5.30. The summed E-state index contributed by atoms with van der Waals surface area (Å²) in [6.07, 6.45) is 1.26. The number of nitrogens with zero attached hydrogens (tertiary/aromatic N) is 1. The third-order valence-corrected chi connectivity index (χ3v) is 3.74. The highest BCUT2D eigenvalue weighted by Crippen LogP contribution is 2.21. The monoisotopic (exact) mass is 328 g/mol. The van der Waals surface area contributed by atoms with E-state index >= 15 is 0 Å². The van der Waals surface area contributed by atoms with Crippen LogP contribution in [0.2, 0.25) is 0 Å². The molecule has 5 nitrogen and oxygen atoms in total. The number of hydrogen-bond donors (Lipinski definition) is 1. The fourth-order valence-electron chi connectivity index (χ4n) is 2.54. The van der Waals surface area contributed by atoms with Gasteiger partial charge in [0.05, 0.1) is 12.7 Å². The maximum atomic E-state index is 12.6. The Kier molecular flexibility index (Phi) is 8.42. The third kappa shape index (κ3) is 5.25. The van der Waals surface area contributed by atoms with Gasteiger partial charge >= 0.3 is 0 Å². The Labute approximate surface area is 138 Å². The van der Waals surface area contributed by atoms with E-state index in [-0.39, 0.29) is 30.5 Å². The normalized spacial score (nSPS) is 20.5. The molecule has 6 heteroatoms. The molecule has 1 amide bonds. The molecule has 1 aromatic carbocycles. The van der Waals surface area contributed by atoms with Crippen LogP contribution in [0.5, 0.6) is 0 Å². The number of halogens is 1. The molecule has 2 rings (SSSR count). The SMILES string of the molecule is COCCN(Cc1ccccc1)C(=O)[C@@H]1CC[C@H](CN)O1.Cl. The Balaban J connectivity index is 0.00000242. The molecule has 1 aliphatic heterocycles. The molecule has 0 aliphatic carbocycles. The van der Waals surface area contributed by atoms with E-state index < -0.39 is 0 Å². The van der Waals surface area contributed by atoms with Crippen LogP contribution in [0.4, 0.5) is 0 Å². The molecule has 1 saturated heterocycles. The zero-order valence-electron chi connectivity index (χ0n) is 12.9. The third-order valence-electron chi connectivity index (χ3n) is 3.74. The van der Waals surface area contributed by atoms with Crippen molar-refractivity contribution >= 4 is 18.3 Å². The number of benzene rings is 1. The van der Waals surface area contributed by atoms with Crippen LogP contribution in [-0.4, -0.2) is 49.8 Å². The van der Waals surface area contributed by atoms with Gasteiger partial charge in [0.15, 0.2) is 0 Å². The molecule has 1 aromatic rings. The number of nitrogens with two attached hydrogens (primary N) is 1. The lowest BCUT2D eigenvalue weighted by molar-refractivity contribution is -0.144. The van der Waals surface area contributed by atoms with E-state index in [2.05, 4.69) is 0 Å². The number of carbonyl (C=O) groups excluding carboxylic acids is 1. The van der Waals surface area contributed by atoms with Crippen LogP contribution in [-0.2, 0) is 20.8 Å². The van der Waals surface area contributed by atoms with E-state index in [0.717, 1.165) is 18.4 Å². The number of rotatable bonds is 7. The first kappa shape index (κ1) is 18.9. The summed E-state index contributed by atoms with van der Waals surface area (Å²) in [5, 5.41) is 0. The van der Waals surface area contributed by atoms with E-state index in [1.54, 1.807) is 7.11 Å². The molecular weight excluding hydrogens is 304 g/mol. The van der Waals surface area contributed by atoms with E-state index in [4.69, 9.17) is 15.2 Å². The second kappa shape index (κ2) is 9.79. The van der Waals surface area contributed by atoms with E-state index in [1.807, 2.05) is 35.2 Å². The quantitative estimate of drug-likeness (QED) is 0.825. The summed E-state index contributed by atoms with van der Waals surface area (Å²) in [6.45, 7) is 2.14. The van der Waals surface area contributed by atoms with Gasteiger partial charge in [-0.2, -0.15) is 0 Å². The highest BCUT2D eigenvalue weighted by molar-refractivity contribution is 5.85. The molecule has 0 unspecified atom stereocenters. The Morgan fingerprint density at radius 3 is 2.68 bits per heavy atom. The summed E-state index contributed by atoms with van der Waals surface area (Å²) in [7, 11) is 1.64. The van der Waals surface area contributed by atoms with Crippen molar-refractivity contribution < 1.29 is 14.3 Å². The molecule has 1 fully saturated rings. The molecule has 0 bridgehead atoms. The van der Waals surface area contributed by atoms with Gasteiger partial charge in [0.25, 0.3) is 5.91 Å². The molecule has 2 N–H and O–H groups in total. The van der Waals surface area contributed by atoms with Crippen LogP contribution < -0.4 is 5.73 Å². The zero-order valence-corrected chi connectivity index (χ0v) is 13.8. The average molecular weight is 329 g/mol. The van der Waals surface area contributed by atoms with E-state index in [0.29, 0.717) is 26.2 Å². The van der Waals surface area contributed by atoms with Gasteiger partial charge in [-0.1, -0.05) is 30.3 Å². The fourth-order valence-corrected chi connectivity index (χ4v) is 2.54. The van der Waals surface area contributed by atoms with Gasteiger partial charge in [-0.05, 0) is 18.4 Å². The Hall–Kier alpha value is -1.14. The molecule has 0 spiro atoms. The topological polar surface area (TPSA) is 64.8 Å². The predicted octanol–water partition coefficient (Wildman–Crippen LogP) is 1.59. The van der Waals surface area contributed by atoms with Crippen LogP contribution in [0.1, 0.15) is 18.4 Å². The summed E-state index contributed by atoms with van der Waals surface area (Å²) >= 11 is 0. The van der Waals surface area contributed by atoms with Crippen molar-refractivity contribution in [1.82, 2.24) is 4.90 Å². The number of methoxy groups -OCH3 is 1. The number of hydrogen-bond acceptors (Lipinski definition) is 4. The maximum Gasteiger partial charge on any atom is 0.252 e. The molecule has 1 heterocycles. The highest BCUT2D eigenvalue weighted by Gasteiger charge is 2.32. The molecule has 0 saturated carbocycles. The molecule has 124 valence electrons. The molecule has 22 heavy (non-hydrogen) atoms. The van der Waals surface area contributed by atoms with E-state index in [1.165, 1.54) is 0 Å². The van der Waals surface area contributed by atoms with Crippen molar-refractivity contribution in [2.45, 2.75) is 31.6 Å². The number of ether oxygens (including phenoxy) is 2. The standard InChI is InChI=1S/C16H24N2O3.ClH/c1-20-10-9-18(12-13-5-3-2-4-6-13)16(19)15-8-7-14(11-17)21-15;/h2-6,14-15H,7-12,17H2,1H3;1H/t14-,15+;/m1./s1. The summed E-state index contributed by atoms with van der Waals surface area (Å²) in [4.78, 5) is 14.4. The summed E-state index contributed by atoms with van der Waals surface area (Å²) in [5.74, 6) is 0.0341. The van der Waals surface area contributed by atoms with E-state index in [9.17, 15) is 4.79 Å². The number of amides is 1. The first-order valence-corrected chi connectivity index (χ1v) is 7.41. The van der Waals surface area contributed by atoms with Gasteiger partial charge < -0.3 is 20.1 Å². The predicted molar refractivity (Wildman–Crippen MR) is 87.9 cm³/mol. The van der Waals surface area contributed by atoms with Crippen LogP contribution in [0.3, 0.4) is 0 Å². The minimum absolute atomic E-state index is 0. The van der Waals surface area contributed by atoms with Gasteiger partial charge in [0.2, 0.25) is 0 Å². The smallest absolute Gasteiger partial charge is 0.252 e. The van der Waals surface area contributed by atoms with Gasteiger partial charge in [0.1, 0.15) is 6.10 Å². The summed E-state index contributed by atoms with van der Waals surface area (Å²) in [6, 6.07) is 9.96. The van der Waals surface area contributed by atoms with Crippen LogP contribution in [0.15, 0.2) is 30.3 Å². The maximum absolute atomic E-state index is 12.6. The average Bonchev–Trinajstić information content (AvgIpc) is 3.00. The van der Waals surface area contributed by atoms with Crippen molar-refractivity contribution in [3.05, 3.63) is 35.9 Å². The fraction of sp³-hybridized carbons (Fsp3) is 0.562. The van der Waals surface area contributed by atoms with Crippen molar-refractivity contribution in [2.75, 3.05) is 26.8 Å². The zero-order chi connectivity index (χ0) is 15.1. The van der Waals surface area contributed by atoms with Crippen LogP contribution in [0, 0.1) is 0 Å². The summed E-state index contributed by atoms with van der Waals surface area (Å²) < 4.78 is 10.8. The Bertz CT molecular complexity index is 444. The van der Waals surface area contributed by atoms with Crippen LogP contribution in [0.25, 0.3) is 0 Å². The van der Waals surface area contributed by atoms with Gasteiger partial charge in [0, 0.05) is 26.7 Å². The van der Waals surface area contributed by atoms with Crippen molar-refractivity contribution in [3.63, 3.8) is 0 Å². The second-order valence-electron chi connectivity index (χ2n) is 5.30. The minimum Gasteiger partial charge on any atom is -0.383 e. The lowest BCUT2D eigenvalue weighted by atomic mass is 10.1. The highest BCUT2D eigenvalue weighted by atomic mass is 35.5. The lowest BCUT2D eigenvalue weighted by Crippen LogP contribution is -2.41. The molecule has 2 atom stereocenters. The number of carbonyl (C=O) groups is 1. The molecule has 0 aromatic heterocycles. The minimum atomic E-state index is -0.362. The Morgan fingerprint density at radius 1 is 1.36 bits per heavy atom. The van der Waals surface area contributed by atoms with Gasteiger partial charge in [-0.3, -0.25) is 4.79 Å². The van der Waals surface area contributed by atoms with Gasteiger partial charge in [-0.15, -0.1) is 12.4 Å². The van der Waals surface area contributed by atoms with Crippen molar-refractivity contribution in [2.24, 2.45) is 5.73 Å². The first-order chi connectivity index (χ1) is 10.2.